The van der Waals surface area contributed by atoms with Gasteiger partial charge in [0.25, 0.3) is 10.0 Å². The molecule has 0 unspecified atom stereocenters. The normalized spacial score (nSPS) is 12.0. The fourth-order valence-electron chi connectivity index (χ4n) is 4.17. The second-order valence-electron chi connectivity index (χ2n) is 8.67. The number of thiazole rings is 1. The molecule has 0 fully saturated rings. The predicted octanol–water partition coefficient (Wildman–Crippen LogP) is 3.99. The van der Waals surface area contributed by atoms with Crippen molar-refractivity contribution in [2.75, 3.05) is 17.6 Å². The van der Waals surface area contributed by atoms with E-state index in [-0.39, 0.29) is 21.8 Å². The molecule has 4 aromatic rings. The summed E-state index contributed by atoms with van der Waals surface area (Å²) in [5.41, 5.74) is 9.15. The van der Waals surface area contributed by atoms with Crippen LogP contribution in [0.15, 0.2) is 28.5 Å². The summed E-state index contributed by atoms with van der Waals surface area (Å²) in [4.78, 5) is 24.8. The van der Waals surface area contributed by atoms with Crippen molar-refractivity contribution in [2.24, 2.45) is 0 Å². The number of carbonyl (C=O) groups excluding carboxylic acids is 1. The minimum Gasteiger partial charge on any atom is -0.382 e. The third-order valence-electron chi connectivity index (χ3n) is 5.82. The van der Waals surface area contributed by atoms with Gasteiger partial charge in [0.05, 0.1) is 16.7 Å². The van der Waals surface area contributed by atoms with Crippen molar-refractivity contribution in [1.29, 1.82) is 0 Å². The summed E-state index contributed by atoms with van der Waals surface area (Å²) in [7, 11) is -3.72. The molecular weight excluding hydrogens is 498 g/mol. The number of nitrogen functional groups attached to an aromatic ring is 1. The van der Waals surface area contributed by atoms with Gasteiger partial charge < -0.3 is 15.6 Å². The maximum Gasteiger partial charge on any atom is 0.252 e. The molecule has 1 aromatic carbocycles. The zero-order valence-corrected chi connectivity index (χ0v) is 22.3. The van der Waals surface area contributed by atoms with Crippen LogP contribution in [0.2, 0.25) is 0 Å². The fraction of sp³-hybridized carbons (Fsp3) is 0.417. The average molecular weight is 530 g/mol. The third-order valence-corrected chi connectivity index (χ3v) is 8.97. The highest BCUT2D eigenvalue weighted by atomic mass is 32.2. The van der Waals surface area contributed by atoms with Crippen molar-refractivity contribution in [3.8, 4) is 0 Å². The number of nitrogens with two attached hydrogens (primary N) is 1. The molecule has 0 spiro atoms. The van der Waals surface area contributed by atoms with Gasteiger partial charge in [-0.05, 0) is 32.3 Å². The number of unbranched alkanes of at least 4 members (excludes halogenated alkanes) is 2. The fourth-order valence-corrected chi connectivity index (χ4v) is 6.75. The van der Waals surface area contributed by atoms with E-state index < -0.39 is 10.0 Å². The van der Waals surface area contributed by atoms with Gasteiger partial charge in [0.1, 0.15) is 11.3 Å². The molecule has 12 heteroatoms. The first-order valence-corrected chi connectivity index (χ1v) is 14.3. The summed E-state index contributed by atoms with van der Waals surface area (Å²) in [5, 5.41) is 3.81. The number of para-hydroxylation sites is 1. The molecule has 1 amide bonds. The van der Waals surface area contributed by atoms with Gasteiger partial charge in [-0.3, -0.25) is 4.79 Å². The molecule has 3 heterocycles. The molecule has 0 radical (unpaired) electrons. The summed E-state index contributed by atoms with van der Waals surface area (Å²) in [6.45, 7) is 6.10. The number of benzene rings is 1. The Bertz CT molecular complexity index is 1510. The largest absolute Gasteiger partial charge is 0.382 e. The van der Waals surface area contributed by atoms with Crippen molar-refractivity contribution in [3.05, 3.63) is 35.8 Å². The maximum atomic E-state index is 12.8. The van der Waals surface area contributed by atoms with Gasteiger partial charge in [0, 0.05) is 31.8 Å². The van der Waals surface area contributed by atoms with Crippen molar-refractivity contribution in [1.82, 2.24) is 24.2 Å². The zero-order valence-electron chi connectivity index (χ0n) is 20.7. The van der Waals surface area contributed by atoms with Gasteiger partial charge >= 0.3 is 0 Å². The molecule has 0 aliphatic carbocycles. The lowest BCUT2D eigenvalue weighted by Gasteiger charge is -2.11. The van der Waals surface area contributed by atoms with Crippen LogP contribution in [-0.4, -0.2) is 40.4 Å². The quantitative estimate of drug-likeness (QED) is 0.249. The van der Waals surface area contributed by atoms with Crippen molar-refractivity contribution >= 4 is 60.2 Å². The number of sulfonamides is 1. The number of imidazole rings is 1. The maximum absolute atomic E-state index is 12.8. The SMILES string of the molecule is CCCCc1nc2c(N)nc3ccccc3c2n1CCCCNS(=O)(=O)c1sc(NC(C)=O)nc1C. The molecule has 0 saturated carbocycles. The van der Waals surface area contributed by atoms with E-state index in [1.54, 1.807) is 6.92 Å². The van der Waals surface area contributed by atoms with Crippen LogP contribution in [0.1, 0.15) is 51.0 Å². The van der Waals surface area contributed by atoms with Gasteiger partial charge in [-0.1, -0.05) is 42.9 Å². The number of nitrogens with zero attached hydrogens (tertiary/aromatic N) is 4. The van der Waals surface area contributed by atoms with E-state index in [4.69, 9.17) is 10.7 Å². The number of fused-ring (bicyclic) bond motifs is 3. The van der Waals surface area contributed by atoms with E-state index in [9.17, 15) is 13.2 Å². The van der Waals surface area contributed by atoms with E-state index in [0.717, 1.165) is 64.8 Å². The van der Waals surface area contributed by atoms with Crippen LogP contribution in [0.5, 0.6) is 0 Å². The van der Waals surface area contributed by atoms with Crippen LogP contribution in [0.25, 0.3) is 21.9 Å². The molecular formula is C24H31N7O3S2. The van der Waals surface area contributed by atoms with Crippen LogP contribution >= 0.6 is 11.3 Å². The Labute approximate surface area is 214 Å². The first kappa shape index (κ1) is 26.0. The molecule has 36 heavy (non-hydrogen) atoms. The van der Waals surface area contributed by atoms with E-state index in [0.29, 0.717) is 24.5 Å². The summed E-state index contributed by atoms with van der Waals surface area (Å²) >= 11 is 0.946. The molecule has 3 aromatic heterocycles. The summed E-state index contributed by atoms with van der Waals surface area (Å²) in [6, 6.07) is 7.90. The number of carbonyl (C=O) groups is 1. The van der Waals surface area contributed by atoms with E-state index >= 15 is 0 Å². The molecule has 0 atom stereocenters. The Morgan fingerprint density at radius 3 is 2.67 bits per heavy atom. The van der Waals surface area contributed by atoms with Crippen molar-refractivity contribution in [3.63, 3.8) is 0 Å². The lowest BCUT2D eigenvalue weighted by atomic mass is 10.2. The van der Waals surface area contributed by atoms with E-state index in [1.807, 2.05) is 24.3 Å². The lowest BCUT2D eigenvalue weighted by Crippen LogP contribution is -2.25. The molecule has 192 valence electrons. The predicted molar refractivity (Wildman–Crippen MR) is 144 cm³/mol. The monoisotopic (exact) mass is 529 g/mol. The average Bonchev–Trinajstić information content (AvgIpc) is 3.38. The molecule has 4 rings (SSSR count). The number of aryl methyl sites for hydroxylation is 3. The number of aromatic nitrogens is 4. The number of pyridine rings is 1. The van der Waals surface area contributed by atoms with Crippen LogP contribution < -0.4 is 15.8 Å². The van der Waals surface area contributed by atoms with E-state index in [1.165, 1.54) is 6.92 Å². The molecule has 0 saturated heterocycles. The van der Waals surface area contributed by atoms with Gasteiger partial charge in [0.15, 0.2) is 15.2 Å². The molecule has 10 nitrogen and oxygen atoms in total. The number of hydrogen-bond acceptors (Lipinski definition) is 8. The van der Waals surface area contributed by atoms with Crippen LogP contribution in [-0.2, 0) is 27.8 Å². The number of hydrogen-bond donors (Lipinski definition) is 3. The highest BCUT2D eigenvalue weighted by molar-refractivity contribution is 7.91. The van der Waals surface area contributed by atoms with Gasteiger partial charge in [-0.25, -0.2) is 28.1 Å². The molecule has 4 N–H and O–H groups in total. The summed E-state index contributed by atoms with van der Waals surface area (Å²) in [6.07, 6.45) is 4.31. The van der Waals surface area contributed by atoms with Crippen LogP contribution in [0.4, 0.5) is 10.9 Å². The lowest BCUT2D eigenvalue weighted by molar-refractivity contribution is -0.114. The Hall–Kier alpha value is -3.09. The highest BCUT2D eigenvalue weighted by Crippen LogP contribution is 2.30. The third kappa shape index (κ3) is 5.50. The van der Waals surface area contributed by atoms with Crippen LogP contribution in [0, 0.1) is 6.92 Å². The number of nitrogens with one attached hydrogen (secondary N) is 2. The Kier molecular flexibility index (Phi) is 7.86. The highest BCUT2D eigenvalue weighted by Gasteiger charge is 2.22. The summed E-state index contributed by atoms with van der Waals surface area (Å²) < 4.78 is 30.6. The number of amides is 1. The second-order valence-corrected chi connectivity index (χ2v) is 11.6. The topological polar surface area (TPSA) is 145 Å². The zero-order chi connectivity index (χ0) is 25.9. The Balaban J connectivity index is 1.48. The van der Waals surface area contributed by atoms with Crippen molar-refractivity contribution in [2.45, 2.75) is 63.6 Å². The first-order chi connectivity index (χ1) is 17.2. The van der Waals surface area contributed by atoms with Gasteiger partial charge in [0.2, 0.25) is 5.91 Å². The minimum absolute atomic E-state index is 0.114. The summed E-state index contributed by atoms with van der Waals surface area (Å²) in [5.74, 6) is 1.10. The molecule has 0 aliphatic heterocycles. The minimum atomic E-state index is -3.72. The smallest absolute Gasteiger partial charge is 0.252 e. The second kappa shape index (κ2) is 10.9. The van der Waals surface area contributed by atoms with Gasteiger partial charge in [-0.2, -0.15) is 0 Å². The first-order valence-electron chi connectivity index (χ1n) is 12.0. The Morgan fingerprint density at radius 1 is 1.14 bits per heavy atom. The molecule has 0 bridgehead atoms. The number of rotatable bonds is 11. The standard InChI is InChI=1S/C24H31N7O3S2/c1-4-5-12-19-30-20-21(17-10-6-7-11-18(17)29-22(20)25)31(19)14-9-8-13-26-36(33,34)23-15(2)27-24(35-23)28-16(3)32/h6-7,10-11,26H,4-5,8-9,12-14H2,1-3H3,(H2,25,29)(H,27,28,32). The van der Waals surface area contributed by atoms with Gasteiger partial charge in [-0.15, -0.1) is 0 Å². The van der Waals surface area contributed by atoms with E-state index in [2.05, 4.69) is 31.5 Å². The number of anilines is 2. The Morgan fingerprint density at radius 2 is 1.92 bits per heavy atom. The molecule has 0 aliphatic rings. The van der Waals surface area contributed by atoms with Crippen LogP contribution in [0.3, 0.4) is 0 Å². The van der Waals surface area contributed by atoms with Crippen molar-refractivity contribution < 1.29 is 13.2 Å².